The van der Waals surface area contributed by atoms with Crippen LogP contribution in [0.3, 0.4) is 0 Å². The Morgan fingerprint density at radius 2 is 2.38 bits per heavy atom. The molecule has 1 aromatic heterocycles. The fraction of sp³-hybridized carbons (Fsp3) is 0.750. The van der Waals surface area contributed by atoms with Gasteiger partial charge in [-0.3, -0.25) is 9.58 Å². The van der Waals surface area contributed by atoms with Gasteiger partial charge in [0.15, 0.2) is 0 Å². The summed E-state index contributed by atoms with van der Waals surface area (Å²) in [6, 6.07) is 0.346. The maximum atomic E-state index is 5.93. The molecular formula is C12H22N4. The van der Waals surface area contributed by atoms with E-state index in [1.165, 1.54) is 17.7 Å². The van der Waals surface area contributed by atoms with E-state index in [1.54, 1.807) is 0 Å². The van der Waals surface area contributed by atoms with Crippen molar-refractivity contribution in [1.82, 2.24) is 14.7 Å². The minimum Gasteiger partial charge on any atom is -0.329 e. The smallest absolute Gasteiger partial charge is 0.0540 e. The van der Waals surface area contributed by atoms with Crippen molar-refractivity contribution in [3.8, 4) is 0 Å². The van der Waals surface area contributed by atoms with E-state index in [-0.39, 0.29) is 0 Å². The lowest BCUT2D eigenvalue weighted by molar-refractivity contribution is 0.243. The number of nitrogens with zero attached hydrogens (tertiary/aromatic N) is 3. The second kappa shape index (κ2) is 4.55. The van der Waals surface area contributed by atoms with E-state index in [4.69, 9.17) is 5.73 Å². The van der Waals surface area contributed by atoms with Gasteiger partial charge in [-0.2, -0.15) is 5.10 Å². The molecule has 2 rings (SSSR count). The molecule has 0 amide bonds. The zero-order valence-electron chi connectivity index (χ0n) is 10.5. The highest BCUT2D eigenvalue weighted by Gasteiger charge is 2.27. The first-order chi connectivity index (χ1) is 7.63. The highest BCUT2D eigenvalue weighted by molar-refractivity contribution is 5.21. The number of hydrogen-bond acceptors (Lipinski definition) is 3. The van der Waals surface area contributed by atoms with Crippen LogP contribution in [-0.4, -0.2) is 34.3 Å². The standard InChI is InChI=1S/C12H22N4/c1-9-4-5-16(8-9)12(6-13)11-7-14-15(3)10(11)2/h7,9,12H,4-6,8,13H2,1-3H3. The molecule has 0 bridgehead atoms. The third-order valence-electron chi connectivity index (χ3n) is 3.75. The Kier molecular flexibility index (Phi) is 3.30. The van der Waals surface area contributed by atoms with Crippen LogP contribution in [0.4, 0.5) is 0 Å². The van der Waals surface area contributed by atoms with Gasteiger partial charge in [-0.05, 0) is 25.8 Å². The SMILES string of the molecule is Cc1c(C(CN)N2CCC(C)C2)cnn1C. The molecule has 2 atom stereocenters. The van der Waals surface area contributed by atoms with Gasteiger partial charge >= 0.3 is 0 Å². The molecule has 16 heavy (non-hydrogen) atoms. The summed E-state index contributed by atoms with van der Waals surface area (Å²) < 4.78 is 1.93. The lowest BCUT2D eigenvalue weighted by Gasteiger charge is -2.26. The Hall–Kier alpha value is -0.870. The summed E-state index contributed by atoms with van der Waals surface area (Å²) in [5.74, 6) is 0.797. The van der Waals surface area contributed by atoms with Crippen molar-refractivity contribution in [1.29, 1.82) is 0 Å². The minimum atomic E-state index is 0.346. The molecule has 2 unspecified atom stereocenters. The maximum absolute atomic E-state index is 5.93. The molecular weight excluding hydrogens is 200 g/mol. The summed E-state index contributed by atoms with van der Waals surface area (Å²) in [4.78, 5) is 2.49. The number of nitrogens with two attached hydrogens (primary N) is 1. The van der Waals surface area contributed by atoms with Gasteiger partial charge < -0.3 is 5.73 Å². The molecule has 2 N–H and O–H groups in total. The molecule has 1 aliphatic heterocycles. The first kappa shape index (κ1) is 11.6. The van der Waals surface area contributed by atoms with Crippen molar-refractivity contribution in [2.45, 2.75) is 26.3 Å². The van der Waals surface area contributed by atoms with E-state index < -0.39 is 0 Å². The predicted octanol–water partition coefficient (Wildman–Crippen LogP) is 1.07. The first-order valence-corrected chi connectivity index (χ1v) is 6.06. The molecule has 1 fully saturated rings. The number of aromatic nitrogens is 2. The molecule has 1 aromatic rings. The first-order valence-electron chi connectivity index (χ1n) is 6.06. The molecule has 0 spiro atoms. The molecule has 1 saturated heterocycles. The van der Waals surface area contributed by atoms with Crippen LogP contribution >= 0.6 is 0 Å². The Balaban J connectivity index is 2.19. The fourth-order valence-corrected chi connectivity index (χ4v) is 2.57. The normalized spacial score (nSPS) is 23.9. The van der Waals surface area contributed by atoms with Crippen molar-refractivity contribution >= 4 is 0 Å². The topological polar surface area (TPSA) is 47.1 Å². The van der Waals surface area contributed by atoms with Crippen LogP contribution in [0.1, 0.15) is 30.6 Å². The van der Waals surface area contributed by atoms with Crippen molar-refractivity contribution < 1.29 is 0 Å². The van der Waals surface area contributed by atoms with Gasteiger partial charge in [0.25, 0.3) is 0 Å². The van der Waals surface area contributed by atoms with Crippen LogP contribution in [0.15, 0.2) is 6.20 Å². The van der Waals surface area contributed by atoms with Crippen molar-refractivity contribution in [3.05, 3.63) is 17.5 Å². The molecule has 4 nitrogen and oxygen atoms in total. The summed E-state index contributed by atoms with van der Waals surface area (Å²) in [5.41, 5.74) is 8.45. The van der Waals surface area contributed by atoms with E-state index in [1.807, 2.05) is 17.9 Å². The summed E-state index contributed by atoms with van der Waals surface area (Å²) in [7, 11) is 1.99. The Bertz CT molecular complexity index is 358. The number of aryl methyl sites for hydroxylation is 1. The quantitative estimate of drug-likeness (QED) is 0.832. The monoisotopic (exact) mass is 222 g/mol. The molecule has 90 valence electrons. The fourth-order valence-electron chi connectivity index (χ4n) is 2.57. The summed E-state index contributed by atoms with van der Waals surface area (Å²) >= 11 is 0. The third kappa shape index (κ3) is 1.99. The highest BCUT2D eigenvalue weighted by Crippen LogP contribution is 2.28. The summed E-state index contributed by atoms with van der Waals surface area (Å²) in [6.45, 7) is 7.43. The van der Waals surface area contributed by atoms with Crippen LogP contribution in [-0.2, 0) is 7.05 Å². The van der Waals surface area contributed by atoms with Crippen LogP contribution in [0.2, 0.25) is 0 Å². The minimum absolute atomic E-state index is 0.346. The van der Waals surface area contributed by atoms with Gasteiger partial charge in [0.2, 0.25) is 0 Å². The second-order valence-electron chi connectivity index (χ2n) is 4.95. The van der Waals surface area contributed by atoms with Gasteiger partial charge in [-0.15, -0.1) is 0 Å². The number of rotatable bonds is 3. The van der Waals surface area contributed by atoms with E-state index >= 15 is 0 Å². The van der Waals surface area contributed by atoms with Crippen LogP contribution in [0.25, 0.3) is 0 Å². The molecule has 2 heterocycles. The second-order valence-corrected chi connectivity index (χ2v) is 4.95. The Morgan fingerprint density at radius 3 is 2.81 bits per heavy atom. The maximum Gasteiger partial charge on any atom is 0.0540 e. The number of hydrogen-bond donors (Lipinski definition) is 1. The molecule has 0 radical (unpaired) electrons. The Morgan fingerprint density at radius 1 is 1.62 bits per heavy atom. The average Bonchev–Trinajstić information content (AvgIpc) is 2.81. The third-order valence-corrected chi connectivity index (χ3v) is 3.75. The predicted molar refractivity (Wildman–Crippen MR) is 65.1 cm³/mol. The van der Waals surface area contributed by atoms with Crippen molar-refractivity contribution in [2.24, 2.45) is 18.7 Å². The lowest BCUT2D eigenvalue weighted by atomic mass is 10.1. The Labute approximate surface area is 97.4 Å². The van der Waals surface area contributed by atoms with Gasteiger partial charge in [0.1, 0.15) is 0 Å². The average molecular weight is 222 g/mol. The zero-order chi connectivity index (χ0) is 11.7. The van der Waals surface area contributed by atoms with Gasteiger partial charge in [0.05, 0.1) is 12.2 Å². The lowest BCUT2D eigenvalue weighted by Crippen LogP contribution is -2.32. The van der Waals surface area contributed by atoms with E-state index in [2.05, 4.69) is 23.8 Å². The molecule has 0 saturated carbocycles. The highest BCUT2D eigenvalue weighted by atomic mass is 15.3. The van der Waals surface area contributed by atoms with Gasteiger partial charge in [-0.1, -0.05) is 6.92 Å². The van der Waals surface area contributed by atoms with Gasteiger partial charge in [-0.25, -0.2) is 0 Å². The largest absolute Gasteiger partial charge is 0.329 e. The van der Waals surface area contributed by atoms with Crippen molar-refractivity contribution in [2.75, 3.05) is 19.6 Å². The van der Waals surface area contributed by atoms with E-state index in [0.717, 1.165) is 19.0 Å². The van der Waals surface area contributed by atoms with Gasteiger partial charge in [0, 0.05) is 31.4 Å². The van der Waals surface area contributed by atoms with Crippen molar-refractivity contribution in [3.63, 3.8) is 0 Å². The summed E-state index contributed by atoms with van der Waals surface area (Å²) in [6.07, 6.45) is 3.26. The summed E-state index contributed by atoms with van der Waals surface area (Å²) in [5, 5.41) is 4.31. The van der Waals surface area contributed by atoms with Crippen LogP contribution in [0, 0.1) is 12.8 Å². The molecule has 0 aliphatic carbocycles. The van der Waals surface area contributed by atoms with Crippen LogP contribution in [0.5, 0.6) is 0 Å². The molecule has 4 heteroatoms. The zero-order valence-corrected chi connectivity index (χ0v) is 10.5. The molecule has 0 aromatic carbocycles. The molecule has 1 aliphatic rings. The number of likely N-dealkylation sites (tertiary alicyclic amines) is 1. The van der Waals surface area contributed by atoms with E-state index in [9.17, 15) is 0 Å². The van der Waals surface area contributed by atoms with E-state index in [0.29, 0.717) is 12.6 Å². The van der Waals surface area contributed by atoms with Crippen LogP contribution < -0.4 is 5.73 Å².